The Bertz CT molecular complexity index is 702. The lowest BCUT2D eigenvalue weighted by molar-refractivity contribution is 0.0697. The summed E-state index contributed by atoms with van der Waals surface area (Å²) in [5, 5.41) is 9.21. The molecule has 0 bridgehead atoms. The molecular weight excluding hydrogens is 284 g/mol. The third-order valence-electron chi connectivity index (χ3n) is 4.23. The van der Waals surface area contributed by atoms with Crippen LogP contribution in [0.2, 0.25) is 0 Å². The van der Waals surface area contributed by atoms with Gasteiger partial charge in [-0.25, -0.2) is 9.78 Å². The van der Waals surface area contributed by atoms with Crippen LogP contribution in [-0.2, 0) is 6.54 Å². The van der Waals surface area contributed by atoms with Crippen LogP contribution in [0.4, 0.5) is 0 Å². The van der Waals surface area contributed by atoms with E-state index < -0.39 is 5.97 Å². The van der Waals surface area contributed by atoms with Crippen molar-refractivity contribution >= 4 is 28.8 Å². The maximum absolute atomic E-state index is 11.2. The van der Waals surface area contributed by atoms with E-state index in [1.807, 2.05) is 17.8 Å². The molecule has 0 saturated heterocycles. The molecule has 1 aliphatic carbocycles. The highest BCUT2D eigenvalue weighted by atomic mass is 32.2. The first-order valence-electron chi connectivity index (χ1n) is 7.24. The number of thioether (sulfide) groups is 1. The second kappa shape index (κ2) is 5.05. The van der Waals surface area contributed by atoms with Gasteiger partial charge in [-0.2, -0.15) is 11.8 Å². The fraction of sp³-hybridized carbons (Fsp3) is 0.500. The van der Waals surface area contributed by atoms with Crippen LogP contribution in [0.3, 0.4) is 0 Å². The molecule has 0 unspecified atom stereocenters. The first-order valence-corrected chi connectivity index (χ1v) is 8.47. The molecule has 0 atom stereocenters. The Morgan fingerprint density at radius 1 is 1.48 bits per heavy atom. The van der Waals surface area contributed by atoms with Gasteiger partial charge in [0.15, 0.2) is 0 Å². The van der Waals surface area contributed by atoms with E-state index >= 15 is 0 Å². The smallest absolute Gasteiger partial charge is 0.335 e. The molecule has 112 valence electrons. The summed E-state index contributed by atoms with van der Waals surface area (Å²) >= 11 is 1.91. The van der Waals surface area contributed by atoms with E-state index in [2.05, 4.69) is 24.7 Å². The number of fused-ring (bicyclic) bond motifs is 1. The first-order chi connectivity index (χ1) is 9.96. The maximum Gasteiger partial charge on any atom is 0.335 e. The molecule has 0 amide bonds. The number of hydrogen-bond acceptors (Lipinski definition) is 3. The standard InChI is InChI=1S/C16H20N2O2S/c1-10(2)14-17-12-5-4-11(15(19)20)8-13(12)18(14)9-16(21-3)6-7-16/h4-5,8,10H,6-7,9H2,1-3H3,(H,19,20). The average molecular weight is 304 g/mol. The number of benzene rings is 1. The number of carbonyl (C=O) groups is 1. The van der Waals surface area contributed by atoms with Crippen molar-refractivity contribution in [1.82, 2.24) is 9.55 Å². The zero-order chi connectivity index (χ0) is 15.2. The predicted molar refractivity (Wildman–Crippen MR) is 86.3 cm³/mol. The van der Waals surface area contributed by atoms with Crippen LogP contribution in [-0.4, -0.2) is 31.6 Å². The van der Waals surface area contributed by atoms with Crippen LogP contribution < -0.4 is 0 Å². The van der Waals surface area contributed by atoms with Crippen LogP contribution in [0, 0.1) is 0 Å². The Hall–Kier alpha value is -1.49. The molecule has 3 rings (SSSR count). The SMILES string of the molecule is CSC1(Cn2c(C(C)C)nc3ccc(C(=O)O)cc32)CC1. The molecular formula is C16H20N2O2S. The molecule has 1 heterocycles. The van der Waals surface area contributed by atoms with Gasteiger partial charge >= 0.3 is 5.97 Å². The predicted octanol–water partition coefficient (Wildman–Crippen LogP) is 3.75. The molecule has 1 N–H and O–H groups in total. The van der Waals surface area contributed by atoms with E-state index in [1.54, 1.807) is 12.1 Å². The fourth-order valence-corrected chi connectivity index (χ4v) is 3.50. The van der Waals surface area contributed by atoms with Gasteiger partial charge in [-0.3, -0.25) is 0 Å². The molecule has 1 fully saturated rings. The molecule has 5 heteroatoms. The molecule has 0 aliphatic heterocycles. The van der Waals surface area contributed by atoms with Gasteiger partial charge in [0.1, 0.15) is 5.82 Å². The monoisotopic (exact) mass is 304 g/mol. The number of rotatable bonds is 5. The number of carboxylic acid groups (broad SMARTS) is 1. The first kappa shape index (κ1) is 14.4. The summed E-state index contributed by atoms with van der Waals surface area (Å²) in [5.74, 6) is 0.484. The summed E-state index contributed by atoms with van der Waals surface area (Å²) in [5.41, 5.74) is 2.16. The zero-order valence-corrected chi connectivity index (χ0v) is 13.4. The Kier molecular flexibility index (Phi) is 3.48. The number of imidazole rings is 1. The molecule has 0 radical (unpaired) electrons. The van der Waals surface area contributed by atoms with Gasteiger partial charge in [-0.15, -0.1) is 0 Å². The van der Waals surface area contributed by atoms with Crippen molar-refractivity contribution in [2.24, 2.45) is 0 Å². The van der Waals surface area contributed by atoms with E-state index in [-0.39, 0.29) is 0 Å². The van der Waals surface area contributed by atoms with Crippen molar-refractivity contribution in [2.45, 2.75) is 43.9 Å². The van der Waals surface area contributed by atoms with Crippen LogP contribution in [0.25, 0.3) is 11.0 Å². The third kappa shape index (κ3) is 2.55. The lowest BCUT2D eigenvalue weighted by Crippen LogP contribution is -2.16. The summed E-state index contributed by atoms with van der Waals surface area (Å²) < 4.78 is 2.55. The zero-order valence-electron chi connectivity index (χ0n) is 12.6. The maximum atomic E-state index is 11.2. The molecule has 1 saturated carbocycles. The van der Waals surface area contributed by atoms with Gasteiger partial charge in [0, 0.05) is 17.2 Å². The summed E-state index contributed by atoms with van der Waals surface area (Å²) in [6.45, 7) is 5.18. The Balaban J connectivity index is 2.14. The van der Waals surface area contributed by atoms with E-state index in [1.165, 1.54) is 12.8 Å². The quantitative estimate of drug-likeness (QED) is 0.914. The van der Waals surface area contributed by atoms with Crippen molar-refractivity contribution in [3.63, 3.8) is 0 Å². The minimum atomic E-state index is -0.887. The summed E-state index contributed by atoms with van der Waals surface area (Å²) in [6, 6.07) is 5.21. The minimum Gasteiger partial charge on any atom is -0.478 e. The van der Waals surface area contributed by atoms with E-state index in [0.717, 1.165) is 23.4 Å². The number of carboxylic acids is 1. The molecule has 1 aromatic heterocycles. The summed E-state index contributed by atoms with van der Waals surface area (Å²) in [6.07, 6.45) is 4.61. The Morgan fingerprint density at radius 3 is 2.71 bits per heavy atom. The molecule has 2 aromatic rings. The number of nitrogens with zero attached hydrogens (tertiary/aromatic N) is 2. The van der Waals surface area contributed by atoms with Crippen molar-refractivity contribution in [2.75, 3.05) is 6.26 Å². The molecule has 21 heavy (non-hydrogen) atoms. The second-order valence-corrected chi connectivity index (χ2v) is 7.38. The summed E-state index contributed by atoms with van der Waals surface area (Å²) in [4.78, 5) is 15.9. The van der Waals surface area contributed by atoms with E-state index in [4.69, 9.17) is 4.98 Å². The fourth-order valence-electron chi connectivity index (χ4n) is 2.74. The van der Waals surface area contributed by atoms with Crippen molar-refractivity contribution in [1.29, 1.82) is 0 Å². The number of hydrogen-bond donors (Lipinski definition) is 1. The topological polar surface area (TPSA) is 55.1 Å². The largest absolute Gasteiger partial charge is 0.478 e. The van der Waals surface area contributed by atoms with Gasteiger partial charge < -0.3 is 9.67 Å². The molecule has 0 spiro atoms. The van der Waals surface area contributed by atoms with Gasteiger partial charge in [-0.05, 0) is 37.3 Å². The van der Waals surface area contributed by atoms with Crippen LogP contribution in [0.5, 0.6) is 0 Å². The summed E-state index contributed by atoms with van der Waals surface area (Å²) in [7, 11) is 0. The second-order valence-electron chi connectivity index (χ2n) is 6.11. The van der Waals surface area contributed by atoms with Crippen LogP contribution in [0.15, 0.2) is 18.2 Å². The molecule has 1 aromatic carbocycles. The van der Waals surface area contributed by atoms with E-state index in [9.17, 15) is 9.90 Å². The highest BCUT2D eigenvalue weighted by Gasteiger charge is 2.43. The van der Waals surface area contributed by atoms with E-state index in [0.29, 0.717) is 16.2 Å². The minimum absolute atomic E-state index is 0.316. The van der Waals surface area contributed by atoms with Crippen molar-refractivity contribution in [3.8, 4) is 0 Å². The number of aromatic carboxylic acids is 1. The average Bonchev–Trinajstić information content (AvgIpc) is 3.13. The van der Waals surface area contributed by atoms with Crippen LogP contribution >= 0.6 is 11.8 Å². The van der Waals surface area contributed by atoms with Gasteiger partial charge in [0.05, 0.1) is 16.6 Å². The Labute approximate surface area is 128 Å². The van der Waals surface area contributed by atoms with Crippen molar-refractivity contribution in [3.05, 3.63) is 29.6 Å². The van der Waals surface area contributed by atoms with Gasteiger partial charge in [0.2, 0.25) is 0 Å². The highest BCUT2D eigenvalue weighted by Crippen LogP contribution is 2.49. The van der Waals surface area contributed by atoms with Gasteiger partial charge in [0.25, 0.3) is 0 Å². The number of aromatic nitrogens is 2. The highest BCUT2D eigenvalue weighted by molar-refractivity contribution is 8.00. The lowest BCUT2D eigenvalue weighted by Gasteiger charge is -2.17. The normalized spacial score (nSPS) is 16.6. The molecule has 1 aliphatic rings. The van der Waals surface area contributed by atoms with Gasteiger partial charge in [-0.1, -0.05) is 13.8 Å². The van der Waals surface area contributed by atoms with Crippen LogP contribution in [0.1, 0.15) is 48.8 Å². The lowest BCUT2D eigenvalue weighted by atomic mass is 10.2. The Morgan fingerprint density at radius 2 is 2.19 bits per heavy atom. The molecule has 4 nitrogen and oxygen atoms in total. The third-order valence-corrected chi connectivity index (χ3v) is 5.63. The van der Waals surface area contributed by atoms with Crippen molar-refractivity contribution < 1.29 is 9.90 Å².